The number of ether oxygens (including phenoxy) is 1. The number of hydrogen-bond donors (Lipinski definition) is 2. The predicted molar refractivity (Wildman–Crippen MR) is 141 cm³/mol. The Morgan fingerprint density at radius 2 is 2.00 bits per heavy atom. The standard InChI is InChI=1S/C24H34N6O.HI/c1-18(2)12-15-31-21-16-19(3)10-11-20(21)17-27-24(25-4)26-13-7-9-23-29-28-22-8-5-6-14-30(22)23;/h5-6,8,10-11,14,16,18H,7,9,12-13,15,17H2,1-4H3,(H2,25,26,27);1H. The molecule has 1 aromatic carbocycles. The van der Waals surface area contributed by atoms with E-state index in [1.54, 1.807) is 7.05 Å². The second kappa shape index (κ2) is 13.2. The molecule has 0 amide bonds. The van der Waals surface area contributed by atoms with Gasteiger partial charge in [-0.05, 0) is 49.4 Å². The molecule has 0 radical (unpaired) electrons. The minimum atomic E-state index is 0. The van der Waals surface area contributed by atoms with Crippen molar-refractivity contribution in [1.82, 2.24) is 25.2 Å². The number of aryl methyl sites for hydroxylation is 2. The van der Waals surface area contributed by atoms with E-state index in [2.05, 4.69) is 64.8 Å². The number of guanidine groups is 1. The second-order valence-corrected chi connectivity index (χ2v) is 8.14. The molecule has 7 nitrogen and oxygen atoms in total. The van der Waals surface area contributed by atoms with E-state index in [-0.39, 0.29) is 24.0 Å². The minimum Gasteiger partial charge on any atom is -0.493 e. The van der Waals surface area contributed by atoms with Crippen molar-refractivity contribution in [3.8, 4) is 5.75 Å². The lowest BCUT2D eigenvalue weighted by Gasteiger charge is -2.16. The zero-order chi connectivity index (χ0) is 22.1. The fourth-order valence-electron chi connectivity index (χ4n) is 3.26. The number of halogens is 1. The fourth-order valence-corrected chi connectivity index (χ4v) is 3.26. The molecule has 0 fully saturated rings. The first kappa shape index (κ1) is 25.9. The molecule has 0 saturated heterocycles. The molecule has 2 N–H and O–H groups in total. The van der Waals surface area contributed by atoms with Gasteiger partial charge in [0, 0.05) is 38.3 Å². The molecule has 0 unspecified atom stereocenters. The van der Waals surface area contributed by atoms with Gasteiger partial charge in [0.25, 0.3) is 0 Å². The Labute approximate surface area is 208 Å². The van der Waals surface area contributed by atoms with Gasteiger partial charge in [-0.2, -0.15) is 0 Å². The SMILES string of the molecule is CN=C(NCCCc1nnc2ccccn12)NCc1ccc(C)cc1OCCC(C)C.I. The summed E-state index contributed by atoms with van der Waals surface area (Å²) < 4.78 is 8.09. The summed E-state index contributed by atoms with van der Waals surface area (Å²) in [6, 6.07) is 12.3. The normalized spacial score (nSPS) is 11.5. The van der Waals surface area contributed by atoms with Gasteiger partial charge in [-0.25, -0.2) is 0 Å². The molecule has 0 spiro atoms. The zero-order valence-electron chi connectivity index (χ0n) is 19.5. The van der Waals surface area contributed by atoms with Crippen molar-refractivity contribution in [2.45, 2.75) is 46.6 Å². The number of aromatic nitrogens is 3. The molecule has 8 heteroatoms. The Morgan fingerprint density at radius 1 is 1.16 bits per heavy atom. The molecule has 0 atom stereocenters. The van der Waals surface area contributed by atoms with Crippen LogP contribution in [0.2, 0.25) is 0 Å². The summed E-state index contributed by atoms with van der Waals surface area (Å²) in [6.45, 7) is 8.70. The molecular formula is C24H35IN6O. The third-order valence-corrected chi connectivity index (χ3v) is 5.10. The number of hydrogen-bond acceptors (Lipinski definition) is 4. The number of nitrogens with one attached hydrogen (secondary N) is 2. The van der Waals surface area contributed by atoms with Crippen LogP contribution < -0.4 is 15.4 Å². The highest BCUT2D eigenvalue weighted by atomic mass is 127. The summed E-state index contributed by atoms with van der Waals surface area (Å²) in [5, 5.41) is 15.3. The third-order valence-electron chi connectivity index (χ3n) is 5.10. The van der Waals surface area contributed by atoms with Crippen LogP contribution in [-0.4, -0.2) is 40.8 Å². The summed E-state index contributed by atoms with van der Waals surface area (Å²) in [6.07, 6.45) is 4.83. The number of fused-ring (bicyclic) bond motifs is 1. The van der Waals surface area contributed by atoms with Crippen LogP contribution >= 0.6 is 24.0 Å². The van der Waals surface area contributed by atoms with Gasteiger partial charge in [0.15, 0.2) is 11.6 Å². The highest BCUT2D eigenvalue weighted by Gasteiger charge is 2.08. The molecule has 2 heterocycles. The van der Waals surface area contributed by atoms with Crippen molar-refractivity contribution in [2.75, 3.05) is 20.2 Å². The molecule has 3 aromatic rings. The molecule has 0 bridgehead atoms. The van der Waals surface area contributed by atoms with E-state index in [1.165, 1.54) is 5.56 Å². The van der Waals surface area contributed by atoms with Gasteiger partial charge in [0.05, 0.1) is 6.61 Å². The second-order valence-electron chi connectivity index (χ2n) is 8.14. The highest BCUT2D eigenvalue weighted by Crippen LogP contribution is 2.21. The Balaban J connectivity index is 0.00000363. The minimum absolute atomic E-state index is 0. The van der Waals surface area contributed by atoms with Crippen LogP contribution in [0.1, 0.15) is 43.6 Å². The Bertz CT molecular complexity index is 1000. The summed E-state index contributed by atoms with van der Waals surface area (Å²) in [5.41, 5.74) is 3.21. The van der Waals surface area contributed by atoms with E-state index in [0.717, 1.165) is 61.2 Å². The number of benzene rings is 1. The molecule has 0 aliphatic rings. The predicted octanol–water partition coefficient (Wildman–Crippen LogP) is 4.38. The van der Waals surface area contributed by atoms with E-state index in [4.69, 9.17) is 4.74 Å². The summed E-state index contributed by atoms with van der Waals surface area (Å²) in [4.78, 5) is 4.34. The molecular weight excluding hydrogens is 515 g/mol. The van der Waals surface area contributed by atoms with Crippen molar-refractivity contribution in [3.05, 3.63) is 59.5 Å². The van der Waals surface area contributed by atoms with Gasteiger partial charge in [-0.15, -0.1) is 34.2 Å². The maximum Gasteiger partial charge on any atom is 0.191 e. The van der Waals surface area contributed by atoms with Crippen LogP contribution in [0.25, 0.3) is 5.65 Å². The van der Waals surface area contributed by atoms with Crippen LogP contribution in [0.4, 0.5) is 0 Å². The maximum absolute atomic E-state index is 6.05. The smallest absolute Gasteiger partial charge is 0.191 e. The van der Waals surface area contributed by atoms with E-state index in [9.17, 15) is 0 Å². The van der Waals surface area contributed by atoms with Crippen molar-refractivity contribution in [1.29, 1.82) is 0 Å². The average molecular weight is 550 g/mol. The third kappa shape index (κ3) is 7.65. The van der Waals surface area contributed by atoms with E-state index in [1.807, 2.05) is 28.8 Å². The molecule has 2 aromatic heterocycles. The van der Waals surface area contributed by atoms with Crippen molar-refractivity contribution in [3.63, 3.8) is 0 Å². The summed E-state index contributed by atoms with van der Waals surface area (Å²) >= 11 is 0. The number of pyridine rings is 1. The molecule has 174 valence electrons. The monoisotopic (exact) mass is 550 g/mol. The van der Waals surface area contributed by atoms with Crippen LogP contribution in [0.15, 0.2) is 47.6 Å². The quantitative estimate of drug-likeness (QED) is 0.170. The first-order valence-corrected chi connectivity index (χ1v) is 11.0. The Morgan fingerprint density at radius 3 is 2.78 bits per heavy atom. The number of nitrogens with zero attached hydrogens (tertiary/aromatic N) is 4. The molecule has 0 saturated carbocycles. The summed E-state index contributed by atoms with van der Waals surface area (Å²) in [5.74, 6) is 3.33. The first-order valence-electron chi connectivity index (χ1n) is 11.0. The van der Waals surface area contributed by atoms with Crippen LogP contribution in [-0.2, 0) is 13.0 Å². The van der Waals surface area contributed by atoms with Crippen LogP contribution in [0.5, 0.6) is 5.75 Å². The molecule has 0 aliphatic carbocycles. The Kier molecular flexibility index (Phi) is 10.7. The van der Waals surface area contributed by atoms with Crippen molar-refractivity contribution in [2.24, 2.45) is 10.9 Å². The van der Waals surface area contributed by atoms with Gasteiger partial charge < -0.3 is 15.4 Å². The van der Waals surface area contributed by atoms with Crippen molar-refractivity contribution >= 4 is 35.6 Å². The molecule has 32 heavy (non-hydrogen) atoms. The average Bonchev–Trinajstić information content (AvgIpc) is 3.17. The van der Waals surface area contributed by atoms with Crippen molar-refractivity contribution < 1.29 is 4.74 Å². The topological polar surface area (TPSA) is 75.8 Å². The summed E-state index contributed by atoms with van der Waals surface area (Å²) in [7, 11) is 1.79. The lowest BCUT2D eigenvalue weighted by molar-refractivity contribution is 0.286. The number of rotatable bonds is 10. The van der Waals surface area contributed by atoms with E-state index in [0.29, 0.717) is 12.5 Å². The highest BCUT2D eigenvalue weighted by molar-refractivity contribution is 14.0. The lowest BCUT2D eigenvalue weighted by atomic mass is 10.1. The van der Waals surface area contributed by atoms with Gasteiger partial charge >= 0.3 is 0 Å². The molecule has 3 rings (SSSR count). The van der Waals surface area contributed by atoms with Gasteiger partial charge in [-0.1, -0.05) is 32.0 Å². The van der Waals surface area contributed by atoms with E-state index >= 15 is 0 Å². The van der Waals surface area contributed by atoms with Gasteiger partial charge in [0.1, 0.15) is 11.6 Å². The van der Waals surface area contributed by atoms with Crippen LogP contribution in [0.3, 0.4) is 0 Å². The Hall–Kier alpha value is -2.36. The largest absolute Gasteiger partial charge is 0.493 e. The lowest BCUT2D eigenvalue weighted by Crippen LogP contribution is -2.37. The first-order chi connectivity index (χ1) is 15.1. The van der Waals surface area contributed by atoms with Gasteiger partial charge in [-0.3, -0.25) is 9.39 Å². The zero-order valence-corrected chi connectivity index (χ0v) is 21.8. The molecule has 0 aliphatic heterocycles. The van der Waals surface area contributed by atoms with E-state index < -0.39 is 0 Å². The van der Waals surface area contributed by atoms with Gasteiger partial charge in [0.2, 0.25) is 0 Å². The number of aliphatic imine (C=N–C) groups is 1. The van der Waals surface area contributed by atoms with Crippen LogP contribution in [0, 0.1) is 12.8 Å². The maximum atomic E-state index is 6.05. The fraction of sp³-hybridized carbons (Fsp3) is 0.458.